The third kappa shape index (κ3) is 10.9. The predicted octanol–water partition coefficient (Wildman–Crippen LogP) is 0.0406. The van der Waals surface area contributed by atoms with Crippen LogP contribution in [-0.2, 0) is 4.79 Å². The van der Waals surface area contributed by atoms with Gasteiger partial charge in [0, 0.05) is 0 Å². The second kappa shape index (κ2) is 10.0. The molecule has 0 saturated carbocycles. The molecule has 0 atom stereocenters. The summed E-state index contributed by atoms with van der Waals surface area (Å²) in [6.45, 7) is 8.83. The Hall–Kier alpha value is -1.09. The third-order valence-electron chi connectivity index (χ3n) is 0.439. The average Bonchev–Trinajstić information content (AvgIpc) is 1.93. The number of aliphatic hydroxyl groups is 1. The number of nitrogens with one attached hydrogen (secondary N) is 1. The second-order valence-electron chi connectivity index (χ2n) is 0.903. The van der Waals surface area contributed by atoms with Gasteiger partial charge in [-0.25, -0.2) is 0 Å². The van der Waals surface area contributed by atoms with Crippen LogP contribution < -0.4 is 5.32 Å². The molecule has 0 saturated heterocycles. The van der Waals surface area contributed by atoms with Gasteiger partial charge in [-0.05, 0) is 6.08 Å². The summed E-state index contributed by atoms with van der Waals surface area (Å²) >= 11 is 0. The minimum absolute atomic E-state index is 0.329. The molecule has 0 aliphatic heterocycles. The number of hydrogen-bond acceptors (Lipinski definition) is 2. The number of carbonyl (C=O) groups is 1. The molecule has 3 nitrogen and oxygen atoms in total. The van der Waals surface area contributed by atoms with Crippen LogP contribution in [0.3, 0.4) is 0 Å². The monoisotopic (exact) mass is 129 g/mol. The molecule has 0 fully saturated rings. The van der Waals surface area contributed by atoms with E-state index in [9.17, 15) is 4.79 Å². The summed E-state index contributed by atoms with van der Waals surface area (Å²) in [7, 11) is 0. The molecule has 0 aliphatic rings. The molecule has 0 rings (SSSR count). The van der Waals surface area contributed by atoms with Gasteiger partial charge in [0.1, 0.15) is 6.73 Å². The van der Waals surface area contributed by atoms with Crippen LogP contribution >= 0.6 is 0 Å². The Bertz CT molecular complexity index is 91.1. The molecule has 0 spiro atoms. The maximum Gasteiger partial charge on any atom is 0.245 e. The van der Waals surface area contributed by atoms with E-state index in [4.69, 9.17) is 5.11 Å². The van der Waals surface area contributed by atoms with Gasteiger partial charge in [0.2, 0.25) is 5.91 Å². The van der Waals surface area contributed by atoms with Crippen molar-refractivity contribution in [3.63, 3.8) is 0 Å². The van der Waals surface area contributed by atoms with E-state index >= 15 is 0 Å². The van der Waals surface area contributed by atoms with Crippen molar-refractivity contribution in [3.8, 4) is 0 Å². The summed E-state index contributed by atoms with van der Waals surface area (Å²) in [6.07, 6.45) is 1.09. The summed E-state index contributed by atoms with van der Waals surface area (Å²) in [5, 5.41) is 10.1. The van der Waals surface area contributed by atoms with E-state index in [1.807, 2.05) is 0 Å². The Morgan fingerprint density at radius 2 is 2.11 bits per heavy atom. The molecule has 0 aromatic rings. The highest BCUT2D eigenvalue weighted by atomic mass is 16.3. The number of rotatable bonds is 2. The second-order valence-corrected chi connectivity index (χ2v) is 0.903. The molecular formula is C6H11NO2. The highest BCUT2D eigenvalue weighted by molar-refractivity contribution is 5.86. The lowest BCUT2D eigenvalue weighted by Gasteiger charge is -1.89. The first-order valence-corrected chi connectivity index (χ1v) is 2.32. The average molecular weight is 129 g/mol. The van der Waals surface area contributed by atoms with Crippen molar-refractivity contribution in [2.45, 2.75) is 0 Å². The van der Waals surface area contributed by atoms with Crippen LogP contribution in [-0.4, -0.2) is 17.7 Å². The van der Waals surface area contributed by atoms with Gasteiger partial charge in [0.25, 0.3) is 0 Å². The fourth-order valence-corrected chi connectivity index (χ4v) is 0.150. The first kappa shape index (κ1) is 10.8. The van der Waals surface area contributed by atoms with Crippen molar-refractivity contribution in [3.05, 3.63) is 25.8 Å². The third-order valence-corrected chi connectivity index (χ3v) is 0.439. The zero-order valence-electron chi connectivity index (χ0n) is 5.26. The van der Waals surface area contributed by atoms with Crippen LogP contribution in [0.4, 0.5) is 0 Å². The highest BCUT2D eigenvalue weighted by Gasteiger charge is 1.84. The lowest BCUT2D eigenvalue weighted by Crippen LogP contribution is -2.20. The van der Waals surface area contributed by atoms with Crippen molar-refractivity contribution >= 4 is 5.91 Å². The SMILES string of the molecule is C=C.C=CC(=O)NCO. The van der Waals surface area contributed by atoms with E-state index in [2.05, 4.69) is 25.1 Å². The number of hydrogen-bond donors (Lipinski definition) is 2. The number of amides is 1. The van der Waals surface area contributed by atoms with Crippen molar-refractivity contribution < 1.29 is 9.90 Å². The number of aliphatic hydroxyl groups excluding tert-OH is 1. The van der Waals surface area contributed by atoms with Crippen molar-refractivity contribution in [2.75, 3.05) is 6.73 Å². The van der Waals surface area contributed by atoms with E-state index in [1.165, 1.54) is 0 Å². The Morgan fingerprint density at radius 1 is 1.67 bits per heavy atom. The molecule has 0 aromatic heterocycles. The van der Waals surface area contributed by atoms with Gasteiger partial charge in [-0.1, -0.05) is 6.58 Å². The topological polar surface area (TPSA) is 49.3 Å². The van der Waals surface area contributed by atoms with Gasteiger partial charge in [-0.3, -0.25) is 4.79 Å². The molecule has 0 radical (unpaired) electrons. The lowest BCUT2D eigenvalue weighted by molar-refractivity contribution is -0.117. The van der Waals surface area contributed by atoms with Gasteiger partial charge in [0.05, 0.1) is 0 Å². The fraction of sp³-hybridized carbons (Fsp3) is 0.167. The molecule has 2 N–H and O–H groups in total. The maximum atomic E-state index is 10.0. The van der Waals surface area contributed by atoms with Gasteiger partial charge in [0.15, 0.2) is 0 Å². The molecule has 0 bridgehead atoms. The maximum absolute atomic E-state index is 10.0. The van der Waals surface area contributed by atoms with Crippen LogP contribution in [0.25, 0.3) is 0 Å². The standard InChI is InChI=1S/C4H7NO2.C2H4/c1-2-4(7)5-3-6;1-2/h2,6H,1,3H2,(H,5,7);1-2H2. The Kier molecular flexibility index (Phi) is 12.0. The summed E-state index contributed by atoms with van der Waals surface area (Å²) in [5.74, 6) is -0.359. The van der Waals surface area contributed by atoms with Crippen LogP contribution in [0.5, 0.6) is 0 Å². The first-order valence-electron chi connectivity index (χ1n) is 2.32. The summed E-state index contributed by atoms with van der Waals surface area (Å²) in [6, 6.07) is 0. The molecule has 0 aromatic carbocycles. The Morgan fingerprint density at radius 3 is 2.22 bits per heavy atom. The van der Waals surface area contributed by atoms with Crippen LogP contribution in [0.15, 0.2) is 25.8 Å². The van der Waals surface area contributed by atoms with E-state index < -0.39 is 0 Å². The molecule has 0 unspecified atom stereocenters. The highest BCUT2D eigenvalue weighted by Crippen LogP contribution is 1.59. The van der Waals surface area contributed by atoms with E-state index in [1.54, 1.807) is 0 Å². The largest absolute Gasteiger partial charge is 0.376 e. The molecule has 0 aliphatic carbocycles. The summed E-state index contributed by atoms with van der Waals surface area (Å²) in [5.41, 5.74) is 0. The van der Waals surface area contributed by atoms with Crippen LogP contribution in [0.2, 0.25) is 0 Å². The molecule has 52 valence electrons. The fourth-order valence-electron chi connectivity index (χ4n) is 0.150. The van der Waals surface area contributed by atoms with Gasteiger partial charge in [-0.2, -0.15) is 0 Å². The van der Waals surface area contributed by atoms with Crippen LogP contribution in [0.1, 0.15) is 0 Å². The molecule has 3 heteroatoms. The van der Waals surface area contributed by atoms with Crippen molar-refractivity contribution in [1.29, 1.82) is 0 Å². The van der Waals surface area contributed by atoms with E-state index in [0.29, 0.717) is 0 Å². The molecule has 1 amide bonds. The summed E-state index contributed by atoms with van der Waals surface area (Å²) in [4.78, 5) is 10.0. The minimum atomic E-state index is -0.359. The van der Waals surface area contributed by atoms with E-state index in [-0.39, 0.29) is 12.6 Å². The van der Waals surface area contributed by atoms with E-state index in [0.717, 1.165) is 6.08 Å². The summed E-state index contributed by atoms with van der Waals surface area (Å²) < 4.78 is 0. The van der Waals surface area contributed by atoms with Crippen molar-refractivity contribution in [2.24, 2.45) is 0 Å². The number of carbonyl (C=O) groups excluding carboxylic acids is 1. The predicted molar refractivity (Wildman–Crippen MR) is 36.7 cm³/mol. The smallest absolute Gasteiger partial charge is 0.245 e. The van der Waals surface area contributed by atoms with Gasteiger partial charge in [-0.15, -0.1) is 13.2 Å². The zero-order valence-corrected chi connectivity index (χ0v) is 5.26. The molecule has 0 heterocycles. The Labute approximate surface area is 54.7 Å². The van der Waals surface area contributed by atoms with Crippen molar-refractivity contribution in [1.82, 2.24) is 5.32 Å². The van der Waals surface area contributed by atoms with Gasteiger partial charge < -0.3 is 10.4 Å². The van der Waals surface area contributed by atoms with Gasteiger partial charge >= 0.3 is 0 Å². The van der Waals surface area contributed by atoms with Crippen LogP contribution in [0, 0.1) is 0 Å². The zero-order chi connectivity index (χ0) is 7.70. The lowest BCUT2D eigenvalue weighted by atomic mass is 10.6. The first-order chi connectivity index (χ1) is 4.31. The quantitative estimate of drug-likeness (QED) is 0.314. The Balaban J connectivity index is 0. The molecular weight excluding hydrogens is 118 g/mol. The minimum Gasteiger partial charge on any atom is -0.376 e. The molecule has 9 heavy (non-hydrogen) atoms. The normalized spacial score (nSPS) is 6.33.